The van der Waals surface area contributed by atoms with Crippen molar-refractivity contribution >= 4 is 28.6 Å². The lowest BCUT2D eigenvalue weighted by atomic mass is 10.2. The number of esters is 1. The van der Waals surface area contributed by atoms with Gasteiger partial charge >= 0.3 is 5.97 Å². The van der Waals surface area contributed by atoms with Crippen molar-refractivity contribution in [2.75, 3.05) is 27.1 Å². The minimum atomic E-state index is -0.312. The molecule has 8 heteroatoms. The van der Waals surface area contributed by atoms with E-state index in [-0.39, 0.29) is 17.9 Å². The predicted molar refractivity (Wildman–Crippen MR) is 108 cm³/mol. The van der Waals surface area contributed by atoms with E-state index in [1.54, 1.807) is 43.5 Å². The Balaban J connectivity index is 2.13. The fourth-order valence-electron chi connectivity index (χ4n) is 2.73. The van der Waals surface area contributed by atoms with Gasteiger partial charge in [-0.05, 0) is 24.3 Å². The molecule has 0 fully saturated rings. The number of carbonyl (C=O) groups is 1. The summed E-state index contributed by atoms with van der Waals surface area (Å²) in [5.74, 6) is 1.19. The average Bonchev–Trinajstić information content (AvgIpc) is 2.73. The van der Waals surface area contributed by atoms with Gasteiger partial charge in [0.2, 0.25) is 0 Å². The summed E-state index contributed by atoms with van der Waals surface area (Å²) in [6, 6.07) is 12.4. The number of benzene rings is 2. The molecule has 0 aliphatic carbocycles. The van der Waals surface area contributed by atoms with Gasteiger partial charge in [0.15, 0.2) is 16.7 Å². The molecule has 0 aliphatic heterocycles. The van der Waals surface area contributed by atoms with E-state index in [0.717, 1.165) is 0 Å². The van der Waals surface area contributed by atoms with Crippen LogP contribution in [-0.2, 0) is 9.53 Å². The van der Waals surface area contributed by atoms with E-state index in [2.05, 4.69) is 9.72 Å². The van der Waals surface area contributed by atoms with E-state index in [1.807, 2.05) is 6.07 Å². The lowest BCUT2D eigenvalue weighted by Crippen LogP contribution is -2.22. The summed E-state index contributed by atoms with van der Waals surface area (Å²) in [6.45, 7) is 0. The van der Waals surface area contributed by atoms with Crippen molar-refractivity contribution in [2.45, 2.75) is 11.6 Å². The van der Waals surface area contributed by atoms with Gasteiger partial charge in [-0.25, -0.2) is 4.98 Å². The lowest BCUT2D eigenvalue weighted by Gasteiger charge is -2.15. The average molecular weight is 400 g/mol. The molecular formula is C20H20N2O5S. The first-order chi connectivity index (χ1) is 13.6. The van der Waals surface area contributed by atoms with Gasteiger partial charge in [0.05, 0.1) is 44.3 Å². The van der Waals surface area contributed by atoms with Crippen molar-refractivity contribution in [3.05, 3.63) is 52.8 Å². The maximum Gasteiger partial charge on any atom is 0.306 e. The topological polar surface area (TPSA) is 79.7 Å². The number of carbonyl (C=O) groups excluding carboxylic acids is 1. The van der Waals surface area contributed by atoms with Crippen LogP contribution in [-0.4, -0.2) is 42.6 Å². The fourth-order valence-corrected chi connectivity index (χ4v) is 3.66. The van der Waals surface area contributed by atoms with Crippen LogP contribution in [0, 0.1) is 0 Å². The number of fused-ring (bicyclic) bond motifs is 1. The zero-order chi connectivity index (χ0) is 20.1. The Morgan fingerprint density at radius 3 is 2.54 bits per heavy atom. The summed E-state index contributed by atoms with van der Waals surface area (Å²) in [4.78, 5) is 29.3. The number of hydrogen-bond acceptors (Lipinski definition) is 7. The van der Waals surface area contributed by atoms with Crippen LogP contribution in [0.5, 0.6) is 11.5 Å². The zero-order valence-corrected chi connectivity index (χ0v) is 16.6. The summed E-state index contributed by atoms with van der Waals surface area (Å²) in [5.41, 5.74) is 1.00. The molecule has 146 valence electrons. The normalized spacial score (nSPS) is 10.7. The molecule has 0 atom stereocenters. The first kappa shape index (κ1) is 19.8. The molecule has 0 amide bonds. The van der Waals surface area contributed by atoms with Crippen molar-refractivity contribution in [3.8, 4) is 17.2 Å². The van der Waals surface area contributed by atoms with Crippen LogP contribution in [0.1, 0.15) is 6.42 Å². The van der Waals surface area contributed by atoms with Crippen molar-refractivity contribution in [1.82, 2.24) is 9.55 Å². The Morgan fingerprint density at radius 2 is 1.82 bits per heavy atom. The van der Waals surface area contributed by atoms with Crippen LogP contribution in [0.25, 0.3) is 16.6 Å². The molecular weight excluding hydrogens is 380 g/mol. The molecule has 0 unspecified atom stereocenters. The second-order valence-corrected chi connectivity index (χ2v) is 6.83. The minimum Gasteiger partial charge on any atom is -0.493 e. The van der Waals surface area contributed by atoms with Crippen molar-refractivity contribution in [2.24, 2.45) is 0 Å². The smallest absolute Gasteiger partial charge is 0.306 e. The van der Waals surface area contributed by atoms with E-state index < -0.39 is 0 Å². The number of thioether (sulfide) groups is 1. The van der Waals surface area contributed by atoms with Crippen LogP contribution in [0.2, 0.25) is 0 Å². The Bertz CT molecular complexity index is 1060. The first-order valence-electron chi connectivity index (χ1n) is 8.53. The number of para-hydroxylation sites is 1. The number of aromatic nitrogens is 2. The molecule has 2 aromatic carbocycles. The van der Waals surface area contributed by atoms with Crippen molar-refractivity contribution in [3.63, 3.8) is 0 Å². The molecule has 0 bridgehead atoms. The standard InChI is InChI=1S/C20H20N2O5S/c1-25-16-9-8-13(12-17(16)26-2)22-19(24)14-6-4-5-7-15(14)21-20(22)28-11-10-18(23)27-3/h4-9,12H,10-11H2,1-3H3. The van der Waals surface area contributed by atoms with Gasteiger partial charge in [0.1, 0.15) is 0 Å². The van der Waals surface area contributed by atoms with Gasteiger partial charge in [-0.15, -0.1) is 0 Å². The van der Waals surface area contributed by atoms with Crippen LogP contribution < -0.4 is 15.0 Å². The van der Waals surface area contributed by atoms with Crippen LogP contribution >= 0.6 is 11.8 Å². The third-order valence-corrected chi connectivity index (χ3v) is 5.08. The van der Waals surface area contributed by atoms with Gasteiger partial charge in [0.25, 0.3) is 5.56 Å². The van der Waals surface area contributed by atoms with E-state index in [0.29, 0.717) is 39.0 Å². The van der Waals surface area contributed by atoms with E-state index in [9.17, 15) is 9.59 Å². The number of nitrogens with zero attached hydrogens (tertiary/aromatic N) is 2. The Labute approximate surface area is 166 Å². The quantitative estimate of drug-likeness (QED) is 0.343. The number of ether oxygens (including phenoxy) is 3. The van der Waals surface area contributed by atoms with Gasteiger partial charge in [-0.2, -0.15) is 0 Å². The highest BCUT2D eigenvalue weighted by Gasteiger charge is 2.16. The van der Waals surface area contributed by atoms with Crippen LogP contribution in [0.15, 0.2) is 52.4 Å². The van der Waals surface area contributed by atoms with E-state index in [1.165, 1.54) is 30.5 Å². The summed E-state index contributed by atoms with van der Waals surface area (Å²) >= 11 is 1.32. The lowest BCUT2D eigenvalue weighted by molar-refractivity contribution is -0.140. The molecule has 28 heavy (non-hydrogen) atoms. The predicted octanol–water partition coefficient (Wildman–Crippen LogP) is 3.06. The zero-order valence-electron chi connectivity index (χ0n) is 15.8. The number of hydrogen-bond donors (Lipinski definition) is 0. The van der Waals surface area contributed by atoms with E-state index in [4.69, 9.17) is 9.47 Å². The second-order valence-electron chi connectivity index (χ2n) is 5.77. The Kier molecular flexibility index (Phi) is 6.20. The highest BCUT2D eigenvalue weighted by molar-refractivity contribution is 7.99. The number of rotatable bonds is 7. The largest absolute Gasteiger partial charge is 0.493 e. The van der Waals surface area contributed by atoms with Crippen LogP contribution in [0.3, 0.4) is 0 Å². The molecule has 7 nitrogen and oxygen atoms in total. The van der Waals surface area contributed by atoms with Gasteiger partial charge in [-0.3, -0.25) is 14.2 Å². The summed E-state index contributed by atoms with van der Waals surface area (Å²) in [5, 5.41) is 0.995. The number of methoxy groups -OCH3 is 3. The molecule has 1 aromatic heterocycles. The third kappa shape index (κ3) is 3.96. The molecule has 0 saturated carbocycles. The van der Waals surface area contributed by atoms with Gasteiger partial charge < -0.3 is 14.2 Å². The monoisotopic (exact) mass is 400 g/mol. The molecule has 3 rings (SSSR count). The van der Waals surface area contributed by atoms with Gasteiger partial charge in [-0.1, -0.05) is 23.9 Å². The molecule has 3 aromatic rings. The third-order valence-electron chi connectivity index (χ3n) is 4.14. The van der Waals surface area contributed by atoms with Crippen LogP contribution in [0.4, 0.5) is 0 Å². The molecule has 1 heterocycles. The molecule has 0 aliphatic rings. The fraction of sp³-hybridized carbons (Fsp3) is 0.250. The highest BCUT2D eigenvalue weighted by Crippen LogP contribution is 2.30. The van der Waals surface area contributed by atoms with Crippen molar-refractivity contribution < 1.29 is 19.0 Å². The maximum atomic E-state index is 13.2. The first-order valence-corrected chi connectivity index (χ1v) is 9.51. The summed E-state index contributed by atoms with van der Waals surface area (Å²) in [6.07, 6.45) is 0.218. The van der Waals surface area contributed by atoms with Crippen molar-refractivity contribution in [1.29, 1.82) is 0 Å². The second kappa shape index (κ2) is 8.79. The molecule has 0 spiro atoms. The Morgan fingerprint density at radius 1 is 1.07 bits per heavy atom. The Hall–Kier alpha value is -3.00. The molecule has 0 radical (unpaired) electrons. The highest BCUT2D eigenvalue weighted by atomic mass is 32.2. The SMILES string of the molecule is COC(=O)CCSc1nc2ccccc2c(=O)n1-c1ccc(OC)c(OC)c1. The minimum absolute atomic E-state index is 0.196. The molecule has 0 N–H and O–H groups in total. The maximum absolute atomic E-state index is 13.2. The summed E-state index contributed by atoms with van der Waals surface area (Å²) < 4.78 is 16.8. The summed E-state index contributed by atoms with van der Waals surface area (Å²) in [7, 11) is 4.44. The molecule has 0 saturated heterocycles. The van der Waals surface area contributed by atoms with E-state index >= 15 is 0 Å². The van der Waals surface area contributed by atoms with Gasteiger partial charge in [0, 0.05) is 11.8 Å².